The van der Waals surface area contributed by atoms with Crippen molar-refractivity contribution >= 4 is 5.97 Å². The SMILES string of the molecule is C[C@H]1CC[C@@H]2OC(=O)[C@@H](C)[C@@H]2C1. The molecule has 2 nitrogen and oxygen atoms in total. The molecule has 1 saturated carbocycles. The van der Waals surface area contributed by atoms with Crippen LogP contribution in [0.4, 0.5) is 0 Å². The van der Waals surface area contributed by atoms with Crippen LogP contribution in [0.25, 0.3) is 0 Å². The van der Waals surface area contributed by atoms with Crippen LogP contribution in [0.5, 0.6) is 0 Å². The summed E-state index contributed by atoms with van der Waals surface area (Å²) in [5.41, 5.74) is 0. The zero-order valence-corrected chi connectivity index (χ0v) is 7.75. The first kappa shape index (κ1) is 8.09. The van der Waals surface area contributed by atoms with E-state index in [1.54, 1.807) is 0 Å². The number of hydrogen-bond donors (Lipinski definition) is 0. The summed E-state index contributed by atoms with van der Waals surface area (Å²) in [7, 11) is 0. The van der Waals surface area contributed by atoms with E-state index in [4.69, 9.17) is 4.74 Å². The second-order valence-electron chi connectivity index (χ2n) is 4.35. The molecule has 0 unspecified atom stereocenters. The minimum atomic E-state index is 0.0269. The maximum atomic E-state index is 11.2. The van der Waals surface area contributed by atoms with Crippen LogP contribution in [-0.2, 0) is 9.53 Å². The van der Waals surface area contributed by atoms with E-state index in [2.05, 4.69) is 6.92 Å². The van der Waals surface area contributed by atoms with Gasteiger partial charge < -0.3 is 4.74 Å². The van der Waals surface area contributed by atoms with Gasteiger partial charge in [-0.15, -0.1) is 0 Å². The minimum Gasteiger partial charge on any atom is -0.462 e. The van der Waals surface area contributed by atoms with Crippen LogP contribution in [-0.4, -0.2) is 12.1 Å². The molecule has 0 aromatic rings. The Hall–Kier alpha value is -0.530. The smallest absolute Gasteiger partial charge is 0.309 e. The molecule has 2 heteroatoms. The van der Waals surface area contributed by atoms with E-state index in [1.807, 2.05) is 6.92 Å². The highest BCUT2D eigenvalue weighted by molar-refractivity contribution is 5.74. The summed E-state index contributed by atoms with van der Waals surface area (Å²) in [6, 6.07) is 0. The second-order valence-corrected chi connectivity index (χ2v) is 4.35. The lowest BCUT2D eigenvalue weighted by Gasteiger charge is -2.28. The van der Waals surface area contributed by atoms with Gasteiger partial charge >= 0.3 is 5.97 Å². The Morgan fingerprint density at radius 2 is 2.08 bits per heavy atom. The van der Waals surface area contributed by atoms with E-state index in [-0.39, 0.29) is 18.0 Å². The monoisotopic (exact) mass is 168 g/mol. The van der Waals surface area contributed by atoms with Crippen LogP contribution in [0.2, 0.25) is 0 Å². The molecule has 0 bridgehead atoms. The second kappa shape index (κ2) is 2.75. The summed E-state index contributed by atoms with van der Waals surface area (Å²) in [5.74, 6) is 1.47. The van der Waals surface area contributed by atoms with Crippen molar-refractivity contribution in [2.75, 3.05) is 0 Å². The minimum absolute atomic E-state index is 0.0269. The van der Waals surface area contributed by atoms with Gasteiger partial charge in [-0.25, -0.2) is 0 Å². The number of esters is 1. The van der Waals surface area contributed by atoms with Crippen LogP contribution in [0.3, 0.4) is 0 Å². The van der Waals surface area contributed by atoms with Gasteiger partial charge in [0.2, 0.25) is 0 Å². The molecule has 1 aliphatic carbocycles. The molecule has 2 aliphatic rings. The van der Waals surface area contributed by atoms with Gasteiger partial charge in [-0.3, -0.25) is 4.79 Å². The number of hydrogen-bond acceptors (Lipinski definition) is 2. The Labute approximate surface area is 73.3 Å². The number of fused-ring (bicyclic) bond motifs is 1. The number of carbonyl (C=O) groups is 1. The van der Waals surface area contributed by atoms with Crippen LogP contribution in [0, 0.1) is 17.8 Å². The van der Waals surface area contributed by atoms with Crippen LogP contribution < -0.4 is 0 Å². The fourth-order valence-electron chi connectivity index (χ4n) is 2.50. The lowest BCUT2D eigenvalue weighted by molar-refractivity contribution is -0.144. The van der Waals surface area contributed by atoms with Gasteiger partial charge in [0.25, 0.3) is 0 Å². The fraction of sp³-hybridized carbons (Fsp3) is 0.900. The molecule has 1 saturated heterocycles. The third-order valence-corrected chi connectivity index (χ3v) is 3.38. The molecule has 0 spiro atoms. The molecule has 1 heterocycles. The third-order valence-electron chi connectivity index (χ3n) is 3.38. The van der Waals surface area contributed by atoms with Crippen LogP contribution >= 0.6 is 0 Å². The van der Waals surface area contributed by atoms with Gasteiger partial charge in [0.15, 0.2) is 0 Å². The van der Waals surface area contributed by atoms with Crippen molar-refractivity contribution in [3.8, 4) is 0 Å². The van der Waals surface area contributed by atoms with Crippen molar-refractivity contribution in [1.29, 1.82) is 0 Å². The zero-order valence-electron chi connectivity index (χ0n) is 7.75. The molecule has 0 radical (unpaired) electrons. The molecule has 4 atom stereocenters. The summed E-state index contributed by atoms with van der Waals surface area (Å²) in [6.07, 6.45) is 3.74. The molecule has 2 fully saturated rings. The van der Waals surface area contributed by atoms with Gasteiger partial charge in [-0.2, -0.15) is 0 Å². The average molecular weight is 168 g/mol. The zero-order chi connectivity index (χ0) is 8.72. The largest absolute Gasteiger partial charge is 0.462 e. The molecular weight excluding hydrogens is 152 g/mol. The highest BCUT2D eigenvalue weighted by Crippen LogP contribution is 2.40. The third kappa shape index (κ3) is 1.13. The normalized spacial score (nSPS) is 47.0. The molecule has 0 amide bonds. The molecular formula is C10H16O2. The highest BCUT2D eigenvalue weighted by Gasteiger charge is 2.44. The number of rotatable bonds is 0. The van der Waals surface area contributed by atoms with E-state index in [1.165, 1.54) is 12.8 Å². The molecule has 0 aromatic carbocycles. The molecule has 0 N–H and O–H groups in total. The van der Waals surface area contributed by atoms with Crippen molar-refractivity contribution in [1.82, 2.24) is 0 Å². The first-order chi connectivity index (χ1) is 5.68. The maximum absolute atomic E-state index is 11.2. The lowest BCUT2D eigenvalue weighted by Crippen LogP contribution is -2.27. The predicted octanol–water partition coefficient (Wildman–Crippen LogP) is 1.98. The number of carbonyl (C=O) groups excluding carboxylic acids is 1. The van der Waals surface area contributed by atoms with Gasteiger partial charge in [-0.05, 0) is 25.2 Å². The molecule has 1 aliphatic heterocycles. The topological polar surface area (TPSA) is 26.3 Å². The summed E-state index contributed by atoms with van der Waals surface area (Å²) >= 11 is 0. The average Bonchev–Trinajstić information content (AvgIpc) is 2.31. The van der Waals surface area contributed by atoms with E-state index in [0.717, 1.165) is 12.3 Å². The standard InChI is InChI=1S/C10H16O2/c1-6-3-4-9-8(5-6)7(2)10(11)12-9/h6-9H,3-5H2,1-2H3/t6-,7-,8-,9-/m0/s1. The van der Waals surface area contributed by atoms with Gasteiger partial charge in [0, 0.05) is 5.92 Å². The van der Waals surface area contributed by atoms with E-state index < -0.39 is 0 Å². The summed E-state index contributed by atoms with van der Waals surface area (Å²) in [5, 5.41) is 0. The molecule has 68 valence electrons. The Balaban J connectivity index is 2.10. The Morgan fingerprint density at radius 1 is 1.33 bits per heavy atom. The summed E-state index contributed by atoms with van der Waals surface area (Å²) in [4.78, 5) is 11.2. The Kier molecular flexibility index (Phi) is 1.85. The fourth-order valence-corrected chi connectivity index (χ4v) is 2.50. The number of ether oxygens (including phenoxy) is 1. The first-order valence-electron chi connectivity index (χ1n) is 4.89. The maximum Gasteiger partial charge on any atom is 0.309 e. The Bertz CT molecular complexity index is 200. The van der Waals surface area contributed by atoms with Gasteiger partial charge in [0.1, 0.15) is 6.10 Å². The van der Waals surface area contributed by atoms with E-state index in [0.29, 0.717) is 5.92 Å². The van der Waals surface area contributed by atoms with Crippen molar-refractivity contribution in [2.45, 2.75) is 39.2 Å². The molecule has 0 aromatic heterocycles. The van der Waals surface area contributed by atoms with Crippen LogP contribution in [0.1, 0.15) is 33.1 Å². The van der Waals surface area contributed by atoms with Crippen molar-refractivity contribution in [2.24, 2.45) is 17.8 Å². The van der Waals surface area contributed by atoms with Gasteiger partial charge in [-0.1, -0.05) is 13.8 Å². The van der Waals surface area contributed by atoms with Crippen LogP contribution in [0.15, 0.2) is 0 Å². The van der Waals surface area contributed by atoms with Crippen molar-refractivity contribution in [3.05, 3.63) is 0 Å². The lowest BCUT2D eigenvalue weighted by atomic mass is 9.76. The summed E-state index contributed by atoms with van der Waals surface area (Å²) in [6.45, 7) is 4.27. The predicted molar refractivity (Wildman–Crippen MR) is 45.5 cm³/mol. The van der Waals surface area contributed by atoms with Gasteiger partial charge in [0.05, 0.1) is 5.92 Å². The quantitative estimate of drug-likeness (QED) is 0.517. The first-order valence-corrected chi connectivity index (χ1v) is 4.89. The Morgan fingerprint density at radius 3 is 2.83 bits per heavy atom. The molecule has 2 rings (SSSR count). The highest BCUT2D eigenvalue weighted by atomic mass is 16.6. The van der Waals surface area contributed by atoms with E-state index >= 15 is 0 Å². The van der Waals surface area contributed by atoms with E-state index in [9.17, 15) is 4.79 Å². The summed E-state index contributed by atoms with van der Waals surface area (Å²) < 4.78 is 5.29. The van der Waals surface area contributed by atoms with Crippen molar-refractivity contribution < 1.29 is 9.53 Å². The molecule has 12 heavy (non-hydrogen) atoms. The van der Waals surface area contributed by atoms with Crippen molar-refractivity contribution in [3.63, 3.8) is 0 Å².